The summed E-state index contributed by atoms with van der Waals surface area (Å²) in [6.07, 6.45) is 0. The molecule has 1 aliphatic rings. The van der Waals surface area contributed by atoms with E-state index in [1.54, 1.807) is 6.07 Å². The van der Waals surface area contributed by atoms with E-state index in [2.05, 4.69) is 45.4 Å². The summed E-state index contributed by atoms with van der Waals surface area (Å²) >= 11 is 18.1. The predicted octanol–water partition coefficient (Wildman–Crippen LogP) is 5.37. The number of piperazine rings is 1. The Morgan fingerprint density at radius 3 is 2.41 bits per heavy atom. The summed E-state index contributed by atoms with van der Waals surface area (Å²) < 4.78 is 1.95. The number of nitrogens with zero attached hydrogens (tertiary/aromatic N) is 4. The maximum Gasteiger partial charge on any atom is 0.173 e. The van der Waals surface area contributed by atoms with E-state index in [-0.39, 0.29) is 0 Å². The Labute approximate surface area is 204 Å². The molecule has 1 saturated heterocycles. The minimum absolute atomic E-state index is 0.579. The number of hydrogen-bond donors (Lipinski definition) is 1. The van der Waals surface area contributed by atoms with E-state index >= 15 is 0 Å². The Morgan fingerprint density at radius 1 is 1.00 bits per heavy atom. The molecule has 0 radical (unpaired) electrons. The number of benzene rings is 2. The number of halogens is 2. The molecular formula is C24H27Cl2N5S. The highest BCUT2D eigenvalue weighted by atomic mass is 35.5. The Hall–Kier alpha value is -2.12. The zero-order valence-corrected chi connectivity index (χ0v) is 20.6. The number of hydrogen-bond acceptors (Lipinski definition) is 3. The van der Waals surface area contributed by atoms with Crippen LogP contribution in [-0.2, 0) is 13.1 Å². The Balaban J connectivity index is 1.36. The first kappa shape index (κ1) is 23.1. The van der Waals surface area contributed by atoms with Gasteiger partial charge in [-0.2, -0.15) is 5.10 Å². The van der Waals surface area contributed by atoms with Crippen LogP contribution < -0.4 is 5.32 Å². The molecule has 1 aromatic heterocycles. The smallest absolute Gasteiger partial charge is 0.173 e. The van der Waals surface area contributed by atoms with Crippen molar-refractivity contribution < 1.29 is 0 Å². The summed E-state index contributed by atoms with van der Waals surface area (Å²) in [7, 11) is 0. The molecule has 1 N–H and O–H groups in total. The highest BCUT2D eigenvalue weighted by Crippen LogP contribution is 2.25. The van der Waals surface area contributed by atoms with Crippen molar-refractivity contribution in [1.82, 2.24) is 19.6 Å². The topological polar surface area (TPSA) is 36.3 Å². The maximum atomic E-state index is 6.35. The molecule has 0 amide bonds. The quantitative estimate of drug-likeness (QED) is 0.489. The van der Waals surface area contributed by atoms with Crippen molar-refractivity contribution in [3.8, 4) is 0 Å². The van der Waals surface area contributed by atoms with Gasteiger partial charge in [0.2, 0.25) is 0 Å². The molecule has 32 heavy (non-hydrogen) atoms. The first-order valence-corrected chi connectivity index (χ1v) is 11.9. The van der Waals surface area contributed by atoms with Crippen LogP contribution in [-0.4, -0.2) is 50.9 Å². The summed E-state index contributed by atoms with van der Waals surface area (Å²) in [6.45, 7) is 9.40. The van der Waals surface area contributed by atoms with Crippen LogP contribution in [0, 0.1) is 13.8 Å². The van der Waals surface area contributed by atoms with Crippen molar-refractivity contribution in [3.05, 3.63) is 81.1 Å². The van der Waals surface area contributed by atoms with E-state index in [9.17, 15) is 0 Å². The molecule has 0 spiro atoms. The number of aromatic nitrogens is 2. The first-order valence-electron chi connectivity index (χ1n) is 10.7. The summed E-state index contributed by atoms with van der Waals surface area (Å²) in [5.74, 6) is 0. The Kier molecular flexibility index (Phi) is 7.36. The minimum atomic E-state index is 0.579. The fourth-order valence-electron chi connectivity index (χ4n) is 3.98. The second kappa shape index (κ2) is 10.2. The third-order valence-corrected chi connectivity index (χ3v) is 6.80. The fraction of sp³-hybridized carbons (Fsp3) is 0.333. The van der Waals surface area contributed by atoms with Crippen molar-refractivity contribution in [2.24, 2.45) is 0 Å². The second-order valence-electron chi connectivity index (χ2n) is 8.12. The molecule has 0 atom stereocenters. The van der Waals surface area contributed by atoms with Crippen molar-refractivity contribution in [2.75, 3.05) is 31.5 Å². The monoisotopic (exact) mass is 487 g/mol. The zero-order valence-electron chi connectivity index (χ0n) is 18.3. The molecule has 8 heteroatoms. The second-order valence-corrected chi connectivity index (χ2v) is 9.35. The van der Waals surface area contributed by atoms with Gasteiger partial charge in [-0.1, -0.05) is 59.6 Å². The van der Waals surface area contributed by atoms with Gasteiger partial charge in [0.1, 0.15) is 0 Å². The molecule has 4 rings (SSSR count). The van der Waals surface area contributed by atoms with E-state index in [0.717, 1.165) is 60.5 Å². The molecular weight excluding hydrogens is 461 g/mol. The van der Waals surface area contributed by atoms with Crippen molar-refractivity contribution >= 4 is 46.2 Å². The highest BCUT2D eigenvalue weighted by Gasteiger charge is 2.21. The van der Waals surface area contributed by atoms with Crippen LogP contribution in [0.5, 0.6) is 0 Å². The molecule has 0 bridgehead atoms. The highest BCUT2D eigenvalue weighted by molar-refractivity contribution is 7.80. The van der Waals surface area contributed by atoms with Gasteiger partial charge < -0.3 is 10.2 Å². The van der Waals surface area contributed by atoms with E-state index in [4.69, 9.17) is 40.5 Å². The molecule has 168 valence electrons. The van der Waals surface area contributed by atoms with E-state index in [1.165, 1.54) is 5.56 Å². The molecule has 0 saturated carbocycles. The van der Waals surface area contributed by atoms with Gasteiger partial charge in [0.25, 0.3) is 0 Å². The van der Waals surface area contributed by atoms with Crippen LogP contribution >= 0.6 is 35.4 Å². The van der Waals surface area contributed by atoms with Crippen molar-refractivity contribution in [3.63, 3.8) is 0 Å². The van der Waals surface area contributed by atoms with Crippen molar-refractivity contribution in [1.29, 1.82) is 0 Å². The lowest BCUT2D eigenvalue weighted by Crippen LogP contribution is -2.49. The molecule has 1 fully saturated rings. The minimum Gasteiger partial charge on any atom is -0.346 e. The fourth-order valence-corrected chi connectivity index (χ4v) is 4.73. The lowest BCUT2D eigenvalue weighted by atomic mass is 10.2. The van der Waals surface area contributed by atoms with Crippen LogP contribution in [0.1, 0.15) is 22.5 Å². The van der Waals surface area contributed by atoms with Gasteiger partial charge in [-0.05, 0) is 49.3 Å². The number of thiocarbonyl (C=S) groups is 1. The first-order chi connectivity index (χ1) is 15.4. The summed E-state index contributed by atoms with van der Waals surface area (Å²) in [5.41, 5.74) is 5.23. The third-order valence-electron chi connectivity index (χ3n) is 5.86. The molecule has 0 unspecified atom stereocenters. The van der Waals surface area contributed by atoms with Gasteiger partial charge >= 0.3 is 0 Å². The molecule has 0 aliphatic carbocycles. The van der Waals surface area contributed by atoms with Crippen LogP contribution in [0.25, 0.3) is 0 Å². The lowest BCUT2D eigenvalue weighted by molar-refractivity contribution is 0.177. The lowest BCUT2D eigenvalue weighted by Gasteiger charge is -2.36. The van der Waals surface area contributed by atoms with Gasteiger partial charge in [0, 0.05) is 42.8 Å². The molecule has 3 aromatic rings. The predicted molar refractivity (Wildman–Crippen MR) is 137 cm³/mol. The van der Waals surface area contributed by atoms with Gasteiger partial charge in [0.05, 0.1) is 23.6 Å². The van der Waals surface area contributed by atoms with Gasteiger partial charge in [0.15, 0.2) is 5.11 Å². The number of rotatable bonds is 5. The molecule has 5 nitrogen and oxygen atoms in total. The molecule has 2 aromatic carbocycles. The number of anilines is 1. The third kappa shape index (κ3) is 5.44. The van der Waals surface area contributed by atoms with Crippen LogP contribution in [0.3, 0.4) is 0 Å². The Morgan fingerprint density at radius 2 is 1.72 bits per heavy atom. The maximum absolute atomic E-state index is 6.35. The van der Waals surface area contributed by atoms with Gasteiger partial charge in [-0.3, -0.25) is 9.58 Å². The molecule has 1 aliphatic heterocycles. The van der Waals surface area contributed by atoms with Gasteiger partial charge in [-0.25, -0.2) is 0 Å². The van der Waals surface area contributed by atoms with E-state index in [0.29, 0.717) is 16.6 Å². The van der Waals surface area contributed by atoms with Crippen molar-refractivity contribution in [2.45, 2.75) is 26.9 Å². The Bertz CT molecular complexity index is 1090. The number of aryl methyl sites for hydroxylation is 1. The SMILES string of the molecule is Cc1nn(Cc2ccc(Cl)cc2Cl)c(C)c1NC(=S)N1CCN(Cc2ccccc2)CC1. The van der Waals surface area contributed by atoms with E-state index < -0.39 is 0 Å². The average Bonchev–Trinajstić information content (AvgIpc) is 3.04. The zero-order chi connectivity index (χ0) is 22.7. The largest absolute Gasteiger partial charge is 0.346 e. The number of nitrogens with one attached hydrogen (secondary N) is 1. The summed E-state index contributed by atoms with van der Waals surface area (Å²) in [4.78, 5) is 4.71. The van der Waals surface area contributed by atoms with Crippen LogP contribution in [0.15, 0.2) is 48.5 Å². The van der Waals surface area contributed by atoms with Crippen LogP contribution in [0.4, 0.5) is 5.69 Å². The summed E-state index contributed by atoms with van der Waals surface area (Å²) in [5, 5.41) is 10.2. The van der Waals surface area contributed by atoms with E-state index in [1.807, 2.05) is 30.7 Å². The molecule has 2 heterocycles. The van der Waals surface area contributed by atoms with Gasteiger partial charge in [-0.15, -0.1) is 0 Å². The average molecular weight is 488 g/mol. The normalized spacial score (nSPS) is 14.6. The van der Waals surface area contributed by atoms with Crippen LogP contribution in [0.2, 0.25) is 10.0 Å². The summed E-state index contributed by atoms with van der Waals surface area (Å²) in [6, 6.07) is 16.1. The standard InChI is InChI=1S/C24H27Cl2N5S/c1-17-23(18(2)31(28-17)16-20-8-9-21(25)14-22(20)26)27-24(32)30-12-10-29(11-13-30)15-19-6-4-3-5-7-19/h3-9,14H,10-13,15-16H2,1-2H3,(H,27,32).